The molecule has 0 unspecified atom stereocenters. The summed E-state index contributed by atoms with van der Waals surface area (Å²) in [6.45, 7) is 1.73. The average Bonchev–Trinajstić information content (AvgIpc) is 1.96. The van der Waals surface area contributed by atoms with E-state index in [1.807, 2.05) is 0 Å². The maximum Gasteiger partial charge on any atom is 0.129 e. The SMILES string of the molecule is Cc1cc(N)cc(F)c1CC=O. The highest BCUT2D eigenvalue weighted by molar-refractivity contribution is 5.58. The Morgan fingerprint density at radius 3 is 2.75 bits per heavy atom. The summed E-state index contributed by atoms with van der Waals surface area (Å²) >= 11 is 0. The molecule has 0 aliphatic carbocycles. The number of carbonyl (C=O) groups is 1. The fraction of sp³-hybridized carbons (Fsp3) is 0.222. The number of carbonyl (C=O) groups excluding carboxylic acids is 1. The molecule has 1 aromatic rings. The maximum atomic E-state index is 13.1. The Balaban J connectivity index is 3.18. The Labute approximate surface area is 70.2 Å². The molecule has 0 amide bonds. The number of hydrogen-bond donors (Lipinski definition) is 1. The predicted octanol–water partition coefficient (Wildman–Crippen LogP) is 1.46. The fourth-order valence-electron chi connectivity index (χ4n) is 1.14. The van der Waals surface area contributed by atoms with Gasteiger partial charge in [0.1, 0.15) is 12.1 Å². The van der Waals surface area contributed by atoms with Crippen LogP contribution in [0.25, 0.3) is 0 Å². The van der Waals surface area contributed by atoms with Crippen molar-refractivity contribution in [2.45, 2.75) is 13.3 Å². The summed E-state index contributed by atoms with van der Waals surface area (Å²) in [4.78, 5) is 10.2. The van der Waals surface area contributed by atoms with E-state index in [4.69, 9.17) is 5.73 Å². The minimum atomic E-state index is -0.403. The molecule has 0 saturated carbocycles. The third-order valence-corrected chi connectivity index (χ3v) is 1.73. The molecule has 0 bridgehead atoms. The fourth-order valence-corrected chi connectivity index (χ4v) is 1.14. The van der Waals surface area contributed by atoms with Crippen molar-refractivity contribution in [2.24, 2.45) is 0 Å². The van der Waals surface area contributed by atoms with E-state index in [1.54, 1.807) is 13.0 Å². The van der Waals surface area contributed by atoms with Crippen molar-refractivity contribution in [3.63, 3.8) is 0 Å². The van der Waals surface area contributed by atoms with Gasteiger partial charge in [0.05, 0.1) is 0 Å². The van der Waals surface area contributed by atoms with Gasteiger partial charge in [-0.25, -0.2) is 4.39 Å². The Hall–Kier alpha value is -1.38. The largest absolute Gasteiger partial charge is 0.399 e. The van der Waals surface area contributed by atoms with Gasteiger partial charge >= 0.3 is 0 Å². The van der Waals surface area contributed by atoms with Crippen molar-refractivity contribution in [1.29, 1.82) is 0 Å². The second-order valence-corrected chi connectivity index (χ2v) is 2.67. The molecular weight excluding hydrogens is 157 g/mol. The first-order valence-corrected chi connectivity index (χ1v) is 3.63. The summed E-state index contributed by atoms with van der Waals surface area (Å²) in [6, 6.07) is 2.88. The topological polar surface area (TPSA) is 43.1 Å². The molecule has 0 atom stereocenters. The van der Waals surface area contributed by atoms with Gasteiger partial charge in [-0.2, -0.15) is 0 Å². The molecule has 0 fully saturated rings. The van der Waals surface area contributed by atoms with Crippen LogP contribution >= 0.6 is 0 Å². The van der Waals surface area contributed by atoms with Gasteiger partial charge in [-0.3, -0.25) is 0 Å². The molecule has 1 aromatic carbocycles. The second-order valence-electron chi connectivity index (χ2n) is 2.67. The first kappa shape index (κ1) is 8.71. The van der Waals surface area contributed by atoms with Gasteiger partial charge in [-0.15, -0.1) is 0 Å². The smallest absolute Gasteiger partial charge is 0.129 e. The first-order chi connectivity index (χ1) is 5.65. The Kier molecular flexibility index (Phi) is 2.43. The van der Waals surface area contributed by atoms with Crippen LogP contribution in [0.2, 0.25) is 0 Å². The molecule has 12 heavy (non-hydrogen) atoms. The van der Waals surface area contributed by atoms with Crippen molar-refractivity contribution >= 4 is 12.0 Å². The quantitative estimate of drug-likeness (QED) is 0.535. The van der Waals surface area contributed by atoms with E-state index in [0.717, 1.165) is 5.56 Å². The lowest BCUT2D eigenvalue weighted by Gasteiger charge is -2.04. The number of aldehydes is 1. The van der Waals surface area contributed by atoms with Gasteiger partial charge in [0.25, 0.3) is 0 Å². The molecular formula is C9H10FNO. The van der Waals surface area contributed by atoms with Crippen LogP contribution in [0.15, 0.2) is 12.1 Å². The molecule has 3 heteroatoms. The number of aryl methyl sites for hydroxylation is 1. The summed E-state index contributed by atoms with van der Waals surface area (Å²) in [7, 11) is 0. The van der Waals surface area contributed by atoms with Crippen molar-refractivity contribution < 1.29 is 9.18 Å². The van der Waals surface area contributed by atoms with E-state index < -0.39 is 5.82 Å². The summed E-state index contributed by atoms with van der Waals surface area (Å²) in [5.41, 5.74) is 6.94. The summed E-state index contributed by atoms with van der Waals surface area (Å²) < 4.78 is 13.1. The van der Waals surface area contributed by atoms with Crippen LogP contribution in [-0.2, 0) is 11.2 Å². The third-order valence-electron chi connectivity index (χ3n) is 1.73. The van der Waals surface area contributed by atoms with Crippen LogP contribution in [0.5, 0.6) is 0 Å². The van der Waals surface area contributed by atoms with Crippen LogP contribution in [-0.4, -0.2) is 6.29 Å². The van der Waals surface area contributed by atoms with E-state index in [2.05, 4.69) is 0 Å². The van der Waals surface area contributed by atoms with Crippen LogP contribution in [0.1, 0.15) is 11.1 Å². The predicted molar refractivity (Wildman–Crippen MR) is 45.3 cm³/mol. The minimum absolute atomic E-state index is 0.109. The van der Waals surface area contributed by atoms with Crippen molar-refractivity contribution in [1.82, 2.24) is 0 Å². The van der Waals surface area contributed by atoms with Gasteiger partial charge in [-0.1, -0.05) is 0 Å². The lowest BCUT2D eigenvalue weighted by atomic mass is 10.1. The lowest BCUT2D eigenvalue weighted by Crippen LogP contribution is -1.98. The Morgan fingerprint density at radius 1 is 1.58 bits per heavy atom. The average molecular weight is 167 g/mol. The standard InChI is InChI=1S/C9H10FNO/c1-6-4-7(11)5-9(10)8(6)2-3-12/h3-5H,2,11H2,1H3. The number of rotatable bonds is 2. The molecule has 1 rings (SSSR count). The molecule has 0 radical (unpaired) electrons. The Morgan fingerprint density at radius 2 is 2.25 bits per heavy atom. The normalized spacial score (nSPS) is 9.83. The van der Waals surface area contributed by atoms with Crippen molar-refractivity contribution in [3.05, 3.63) is 29.1 Å². The zero-order valence-corrected chi connectivity index (χ0v) is 6.80. The lowest BCUT2D eigenvalue weighted by molar-refractivity contribution is -0.107. The van der Waals surface area contributed by atoms with Crippen molar-refractivity contribution in [2.75, 3.05) is 5.73 Å². The number of nitrogen functional groups attached to an aromatic ring is 1. The molecule has 2 nitrogen and oxygen atoms in total. The van der Waals surface area contributed by atoms with Gasteiger partial charge < -0.3 is 10.5 Å². The van der Waals surface area contributed by atoms with E-state index in [-0.39, 0.29) is 6.42 Å². The van der Waals surface area contributed by atoms with Gasteiger partial charge in [0, 0.05) is 12.1 Å². The highest BCUT2D eigenvalue weighted by Gasteiger charge is 2.05. The molecule has 2 N–H and O–H groups in total. The summed E-state index contributed by atoms with van der Waals surface area (Å²) in [5.74, 6) is -0.403. The molecule has 0 saturated heterocycles. The van der Waals surface area contributed by atoms with E-state index in [9.17, 15) is 9.18 Å². The molecule has 0 aliphatic rings. The van der Waals surface area contributed by atoms with E-state index in [0.29, 0.717) is 17.5 Å². The van der Waals surface area contributed by atoms with Crippen LogP contribution < -0.4 is 5.73 Å². The molecule has 64 valence electrons. The Bertz CT molecular complexity index is 286. The number of anilines is 1. The monoisotopic (exact) mass is 167 g/mol. The zero-order chi connectivity index (χ0) is 9.14. The maximum absolute atomic E-state index is 13.1. The van der Waals surface area contributed by atoms with E-state index >= 15 is 0 Å². The summed E-state index contributed by atoms with van der Waals surface area (Å²) in [6.07, 6.45) is 0.791. The van der Waals surface area contributed by atoms with Gasteiger partial charge in [0.2, 0.25) is 0 Å². The van der Waals surface area contributed by atoms with E-state index in [1.165, 1.54) is 6.07 Å². The van der Waals surface area contributed by atoms with Crippen LogP contribution in [0, 0.1) is 12.7 Å². The zero-order valence-electron chi connectivity index (χ0n) is 6.80. The van der Waals surface area contributed by atoms with Gasteiger partial charge in [0.15, 0.2) is 0 Å². The van der Waals surface area contributed by atoms with Crippen LogP contribution in [0.4, 0.5) is 10.1 Å². The number of nitrogens with two attached hydrogens (primary N) is 1. The first-order valence-electron chi connectivity index (χ1n) is 3.63. The highest BCUT2D eigenvalue weighted by Crippen LogP contribution is 2.16. The van der Waals surface area contributed by atoms with Gasteiger partial charge in [-0.05, 0) is 30.2 Å². The molecule has 0 spiro atoms. The van der Waals surface area contributed by atoms with Crippen LogP contribution in [0.3, 0.4) is 0 Å². The third kappa shape index (κ3) is 1.61. The highest BCUT2D eigenvalue weighted by atomic mass is 19.1. The molecule has 0 aliphatic heterocycles. The van der Waals surface area contributed by atoms with Crippen molar-refractivity contribution in [3.8, 4) is 0 Å². The summed E-state index contributed by atoms with van der Waals surface area (Å²) in [5, 5.41) is 0. The molecule has 0 heterocycles. The minimum Gasteiger partial charge on any atom is -0.399 e. The second kappa shape index (κ2) is 3.34. The molecule has 0 aromatic heterocycles. The number of benzene rings is 1. The number of hydrogen-bond acceptors (Lipinski definition) is 2. The number of halogens is 1.